The van der Waals surface area contributed by atoms with Crippen molar-refractivity contribution in [1.82, 2.24) is 14.8 Å². The first-order valence-electron chi connectivity index (χ1n) is 9.45. The first-order chi connectivity index (χ1) is 12.3. The number of thiazole rings is 1. The molecule has 1 aromatic rings. The Labute approximate surface area is 160 Å². The summed E-state index contributed by atoms with van der Waals surface area (Å²) in [5, 5.41) is 3.12. The van der Waals surface area contributed by atoms with Crippen molar-refractivity contribution in [1.29, 1.82) is 0 Å². The fraction of sp³-hybridized carbons (Fsp3) is 0.778. The summed E-state index contributed by atoms with van der Waals surface area (Å²) in [6, 6.07) is 0. The van der Waals surface area contributed by atoms with Gasteiger partial charge in [-0.25, -0.2) is 4.98 Å². The molecule has 2 unspecified atom stereocenters. The van der Waals surface area contributed by atoms with Crippen LogP contribution in [0.1, 0.15) is 27.7 Å². The van der Waals surface area contributed by atoms with Gasteiger partial charge in [-0.05, 0) is 27.7 Å². The lowest BCUT2D eigenvalue weighted by Gasteiger charge is -2.44. The predicted octanol–water partition coefficient (Wildman–Crippen LogP) is 1.47. The quantitative estimate of drug-likeness (QED) is 0.630. The van der Waals surface area contributed by atoms with Gasteiger partial charge in [0.25, 0.3) is 0 Å². The number of nitrogens with zero attached hydrogens (tertiary/aromatic N) is 5. The largest absolute Gasteiger partial charge is 0.373 e. The summed E-state index contributed by atoms with van der Waals surface area (Å²) >= 11 is 1.69. The van der Waals surface area contributed by atoms with Crippen LogP contribution in [0, 0.1) is 0 Å². The number of ether oxygens (including phenoxy) is 1. The van der Waals surface area contributed by atoms with E-state index in [0.29, 0.717) is 12.5 Å². The van der Waals surface area contributed by atoms with E-state index in [4.69, 9.17) is 15.5 Å². The zero-order chi connectivity index (χ0) is 18.7. The summed E-state index contributed by atoms with van der Waals surface area (Å²) in [6.07, 6.45) is 2.38. The molecule has 1 aromatic heterocycles. The SMILES string of the molecule is CC1CN(C(C)(C)CN=C(N)N2CCN(c3nccs3)CC2)CC(C)O1. The smallest absolute Gasteiger partial charge is 0.191 e. The van der Waals surface area contributed by atoms with Gasteiger partial charge >= 0.3 is 0 Å². The van der Waals surface area contributed by atoms with Crippen LogP contribution in [0.4, 0.5) is 5.13 Å². The molecule has 7 nitrogen and oxygen atoms in total. The van der Waals surface area contributed by atoms with Crippen LogP contribution in [0.2, 0.25) is 0 Å². The van der Waals surface area contributed by atoms with Crippen LogP contribution in [0.3, 0.4) is 0 Å². The van der Waals surface area contributed by atoms with Crippen LogP contribution in [0.5, 0.6) is 0 Å². The molecule has 146 valence electrons. The highest BCUT2D eigenvalue weighted by atomic mass is 32.1. The van der Waals surface area contributed by atoms with Gasteiger partial charge < -0.3 is 20.3 Å². The molecule has 2 aliphatic heterocycles. The number of nitrogens with two attached hydrogens (primary N) is 1. The normalized spacial score (nSPS) is 26.4. The third-order valence-electron chi connectivity index (χ3n) is 5.20. The van der Waals surface area contributed by atoms with Gasteiger partial charge in [-0.3, -0.25) is 9.89 Å². The number of morpholine rings is 1. The maximum atomic E-state index is 6.31. The monoisotopic (exact) mass is 380 g/mol. The Morgan fingerprint density at radius 2 is 1.92 bits per heavy atom. The number of aromatic nitrogens is 1. The molecule has 2 saturated heterocycles. The van der Waals surface area contributed by atoms with Crippen molar-refractivity contribution >= 4 is 22.4 Å². The highest BCUT2D eigenvalue weighted by molar-refractivity contribution is 7.13. The van der Waals surface area contributed by atoms with Gasteiger partial charge in [-0.15, -0.1) is 11.3 Å². The molecule has 2 N–H and O–H groups in total. The van der Waals surface area contributed by atoms with Crippen molar-refractivity contribution in [3.8, 4) is 0 Å². The topological polar surface area (TPSA) is 70.2 Å². The Balaban J connectivity index is 1.53. The van der Waals surface area contributed by atoms with Gasteiger partial charge in [-0.1, -0.05) is 0 Å². The first kappa shape index (κ1) is 19.4. The number of hydrogen-bond donors (Lipinski definition) is 1. The fourth-order valence-electron chi connectivity index (χ4n) is 3.65. The van der Waals surface area contributed by atoms with Gasteiger partial charge in [0, 0.05) is 56.4 Å². The molecule has 0 saturated carbocycles. The second-order valence-electron chi connectivity index (χ2n) is 7.94. The fourth-order valence-corrected chi connectivity index (χ4v) is 4.34. The van der Waals surface area contributed by atoms with Crippen LogP contribution >= 0.6 is 11.3 Å². The minimum absolute atomic E-state index is 0.0281. The average Bonchev–Trinajstić information content (AvgIpc) is 3.14. The summed E-state index contributed by atoms with van der Waals surface area (Å²) in [7, 11) is 0. The van der Waals surface area contributed by atoms with E-state index in [1.54, 1.807) is 11.3 Å². The lowest BCUT2D eigenvalue weighted by molar-refractivity contribution is -0.0939. The van der Waals surface area contributed by atoms with Gasteiger partial charge in [0.15, 0.2) is 11.1 Å². The highest BCUT2D eigenvalue weighted by Crippen LogP contribution is 2.22. The third kappa shape index (κ3) is 4.66. The van der Waals surface area contributed by atoms with Crippen LogP contribution in [-0.4, -0.2) is 84.3 Å². The third-order valence-corrected chi connectivity index (χ3v) is 6.03. The minimum Gasteiger partial charge on any atom is -0.373 e. The molecule has 0 amide bonds. The molecule has 0 radical (unpaired) electrons. The Morgan fingerprint density at radius 1 is 1.27 bits per heavy atom. The van der Waals surface area contributed by atoms with E-state index in [1.807, 2.05) is 11.6 Å². The van der Waals surface area contributed by atoms with Gasteiger partial charge in [0.05, 0.1) is 18.8 Å². The average molecular weight is 381 g/mol. The van der Waals surface area contributed by atoms with Crippen LogP contribution in [0.25, 0.3) is 0 Å². The molecule has 8 heteroatoms. The van der Waals surface area contributed by atoms with Crippen molar-refractivity contribution in [2.24, 2.45) is 10.7 Å². The second-order valence-corrected chi connectivity index (χ2v) is 8.81. The second kappa shape index (κ2) is 8.10. The number of guanidine groups is 1. The maximum absolute atomic E-state index is 6.31. The van der Waals surface area contributed by atoms with E-state index in [-0.39, 0.29) is 17.7 Å². The van der Waals surface area contributed by atoms with Crippen LogP contribution in [0.15, 0.2) is 16.6 Å². The van der Waals surface area contributed by atoms with Crippen LogP contribution < -0.4 is 10.6 Å². The maximum Gasteiger partial charge on any atom is 0.191 e. The van der Waals surface area contributed by atoms with Crippen LogP contribution in [-0.2, 0) is 4.74 Å². The number of hydrogen-bond acceptors (Lipinski definition) is 6. The Kier molecular flexibility index (Phi) is 6.04. The molecule has 2 atom stereocenters. The number of rotatable bonds is 4. The van der Waals surface area contributed by atoms with E-state index in [0.717, 1.165) is 44.4 Å². The van der Waals surface area contributed by atoms with Crippen molar-refractivity contribution < 1.29 is 4.74 Å². The molecule has 0 spiro atoms. The summed E-state index contributed by atoms with van der Waals surface area (Å²) in [4.78, 5) is 16.1. The van der Waals surface area contributed by atoms with Gasteiger partial charge in [-0.2, -0.15) is 0 Å². The molecular weight excluding hydrogens is 348 g/mol. The van der Waals surface area contributed by atoms with Crippen molar-refractivity contribution in [3.05, 3.63) is 11.6 Å². The van der Waals surface area contributed by atoms with Crippen molar-refractivity contribution in [2.75, 3.05) is 50.7 Å². The number of aliphatic imine (C=N–C) groups is 1. The lowest BCUT2D eigenvalue weighted by atomic mass is 10.0. The standard InChI is InChI=1S/C18H32N6OS/c1-14-11-24(12-15(2)25-14)18(3,4)13-21-16(19)22-6-8-23(9-7-22)17-20-5-10-26-17/h5,10,14-15H,6-9,11-13H2,1-4H3,(H2,19,21). The highest BCUT2D eigenvalue weighted by Gasteiger charge is 2.33. The van der Waals surface area contributed by atoms with Crippen molar-refractivity contribution in [3.63, 3.8) is 0 Å². The summed E-state index contributed by atoms with van der Waals surface area (Å²) in [5.41, 5.74) is 6.28. The summed E-state index contributed by atoms with van der Waals surface area (Å²) in [5.74, 6) is 0.659. The molecule has 2 fully saturated rings. The number of anilines is 1. The summed E-state index contributed by atoms with van der Waals surface area (Å²) in [6.45, 7) is 15.0. The van der Waals surface area contributed by atoms with E-state index < -0.39 is 0 Å². The molecule has 0 aliphatic carbocycles. The number of piperazine rings is 1. The zero-order valence-corrected chi connectivity index (χ0v) is 17.2. The lowest BCUT2D eigenvalue weighted by Crippen LogP contribution is -2.56. The predicted molar refractivity (Wildman–Crippen MR) is 108 cm³/mol. The van der Waals surface area contributed by atoms with Crippen molar-refractivity contribution in [2.45, 2.75) is 45.4 Å². The van der Waals surface area contributed by atoms with E-state index in [9.17, 15) is 0 Å². The molecule has 0 aromatic carbocycles. The molecule has 3 heterocycles. The Bertz CT molecular complexity index is 587. The van der Waals surface area contributed by atoms with E-state index in [2.05, 4.69) is 47.4 Å². The first-order valence-corrected chi connectivity index (χ1v) is 10.3. The van der Waals surface area contributed by atoms with Gasteiger partial charge in [0.2, 0.25) is 0 Å². The molecular formula is C18H32N6OS. The minimum atomic E-state index is -0.0281. The Hall–Kier alpha value is -1.38. The molecule has 26 heavy (non-hydrogen) atoms. The summed E-state index contributed by atoms with van der Waals surface area (Å²) < 4.78 is 5.85. The Morgan fingerprint density at radius 3 is 2.50 bits per heavy atom. The molecule has 3 rings (SSSR count). The zero-order valence-electron chi connectivity index (χ0n) is 16.4. The molecule has 0 bridgehead atoms. The van der Waals surface area contributed by atoms with E-state index >= 15 is 0 Å². The van der Waals surface area contributed by atoms with E-state index in [1.165, 1.54) is 0 Å². The van der Waals surface area contributed by atoms with Gasteiger partial charge in [0.1, 0.15) is 0 Å². The molecule has 2 aliphatic rings.